The minimum atomic E-state index is -1.35. The van der Waals surface area contributed by atoms with Gasteiger partial charge in [-0.15, -0.1) is 0 Å². The van der Waals surface area contributed by atoms with E-state index in [1.807, 2.05) is 6.07 Å². The fourth-order valence-electron chi connectivity index (χ4n) is 4.13. The Morgan fingerprint density at radius 3 is 2.56 bits per heavy atom. The van der Waals surface area contributed by atoms with E-state index in [2.05, 4.69) is 0 Å². The van der Waals surface area contributed by atoms with Gasteiger partial charge in [-0.05, 0) is 36.2 Å². The van der Waals surface area contributed by atoms with Gasteiger partial charge in [0.15, 0.2) is 23.0 Å². The van der Waals surface area contributed by atoms with Gasteiger partial charge in [-0.1, -0.05) is 0 Å². The third-order valence-corrected chi connectivity index (χ3v) is 5.41. The molecule has 1 aliphatic carbocycles. The smallest absolute Gasteiger partial charge is 0.343 e. The first-order valence-corrected chi connectivity index (χ1v) is 8.55. The summed E-state index contributed by atoms with van der Waals surface area (Å²) in [6.45, 7) is 0.131. The molecule has 0 saturated carbocycles. The van der Waals surface area contributed by atoms with Crippen LogP contribution in [0.15, 0.2) is 24.3 Å². The molecular weight excluding hydrogens is 352 g/mol. The fraction of sp³-hybridized carbons (Fsp3) is 0.300. The number of aryl methyl sites for hydroxylation is 1. The highest BCUT2D eigenvalue weighted by Crippen LogP contribution is 2.51. The van der Waals surface area contributed by atoms with Crippen LogP contribution in [0, 0.1) is 0 Å². The van der Waals surface area contributed by atoms with Crippen molar-refractivity contribution in [2.75, 3.05) is 21.0 Å². The SMILES string of the molecule is COc1ccc2c(c1OC)C(=O)OC21CCc2cc3c(cc2C1=O)OCO3. The highest BCUT2D eigenvalue weighted by atomic mass is 16.7. The maximum Gasteiger partial charge on any atom is 0.343 e. The van der Waals surface area contributed by atoms with E-state index >= 15 is 0 Å². The molecule has 0 aromatic heterocycles. The van der Waals surface area contributed by atoms with Crippen molar-refractivity contribution in [3.63, 3.8) is 0 Å². The van der Waals surface area contributed by atoms with E-state index in [-0.39, 0.29) is 23.9 Å². The molecule has 2 aliphatic heterocycles. The van der Waals surface area contributed by atoms with Crippen molar-refractivity contribution in [2.24, 2.45) is 0 Å². The molecule has 0 bridgehead atoms. The molecule has 1 atom stereocenters. The number of methoxy groups -OCH3 is 2. The number of esters is 1. The number of carbonyl (C=O) groups is 2. The number of hydrogen-bond acceptors (Lipinski definition) is 7. The second kappa shape index (κ2) is 5.39. The third kappa shape index (κ3) is 1.96. The van der Waals surface area contributed by atoms with E-state index in [0.717, 1.165) is 5.56 Å². The van der Waals surface area contributed by atoms with Gasteiger partial charge >= 0.3 is 5.97 Å². The molecule has 2 aromatic rings. The molecule has 7 nitrogen and oxygen atoms in total. The molecule has 5 rings (SSSR count). The molecule has 0 fully saturated rings. The van der Waals surface area contributed by atoms with E-state index in [4.69, 9.17) is 23.7 Å². The summed E-state index contributed by atoms with van der Waals surface area (Å²) in [4.78, 5) is 26.1. The molecule has 0 saturated heterocycles. The molecule has 1 spiro atoms. The Balaban J connectivity index is 1.68. The van der Waals surface area contributed by atoms with Crippen LogP contribution < -0.4 is 18.9 Å². The predicted molar refractivity (Wildman–Crippen MR) is 91.9 cm³/mol. The van der Waals surface area contributed by atoms with Gasteiger partial charge in [-0.3, -0.25) is 4.79 Å². The van der Waals surface area contributed by atoms with Crippen LogP contribution in [0.4, 0.5) is 0 Å². The molecule has 0 N–H and O–H groups in total. The number of Topliss-reactive ketones (excluding diaryl/α,β-unsaturated/α-hetero) is 1. The molecule has 27 heavy (non-hydrogen) atoms. The first kappa shape index (κ1) is 16.0. The van der Waals surface area contributed by atoms with Crippen LogP contribution in [0.25, 0.3) is 0 Å². The van der Waals surface area contributed by atoms with Crippen LogP contribution in [0.1, 0.15) is 38.3 Å². The van der Waals surface area contributed by atoms with Crippen molar-refractivity contribution in [1.29, 1.82) is 0 Å². The average molecular weight is 368 g/mol. The molecule has 1 unspecified atom stereocenters. The first-order chi connectivity index (χ1) is 13.1. The summed E-state index contributed by atoms with van der Waals surface area (Å²) in [6, 6.07) is 6.89. The van der Waals surface area contributed by atoms with Crippen LogP contribution in [0.3, 0.4) is 0 Å². The fourth-order valence-corrected chi connectivity index (χ4v) is 4.13. The Hall–Kier alpha value is -3.22. The Labute approximate surface area is 154 Å². The van der Waals surface area contributed by atoms with Gasteiger partial charge in [0.1, 0.15) is 5.56 Å². The number of fused-ring (bicyclic) bond motifs is 4. The van der Waals surface area contributed by atoms with Gasteiger partial charge in [-0.25, -0.2) is 4.79 Å². The Kier molecular flexibility index (Phi) is 3.19. The lowest BCUT2D eigenvalue weighted by molar-refractivity contribution is -0.00638. The molecule has 2 aromatic carbocycles. The van der Waals surface area contributed by atoms with Gasteiger partial charge in [0.25, 0.3) is 0 Å². The maximum atomic E-state index is 13.5. The monoisotopic (exact) mass is 368 g/mol. The molecule has 0 radical (unpaired) electrons. The average Bonchev–Trinajstić information content (AvgIpc) is 3.25. The maximum absolute atomic E-state index is 13.5. The highest BCUT2D eigenvalue weighted by molar-refractivity contribution is 6.12. The van der Waals surface area contributed by atoms with E-state index in [0.29, 0.717) is 41.2 Å². The van der Waals surface area contributed by atoms with Crippen molar-refractivity contribution >= 4 is 11.8 Å². The van der Waals surface area contributed by atoms with Crippen LogP contribution in [-0.4, -0.2) is 32.8 Å². The van der Waals surface area contributed by atoms with Gasteiger partial charge in [0, 0.05) is 17.5 Å². The first-order valence-electron chi connectivity index (χ1n) is 8.55. The molecule has 3 aliphatic rings. The lowest BCUT2D eigenvalue weighted by atomic mass is 9.75. The lowest BCUT2D eigenvalue weighted by Crippen LogP contribution is -2.40. The van der Waals surface area contributed by atoms with Crippen molar-refractivity contribution < 1.29 is 33.3 Å². The number of hydrogen-bond donors (Lipinski definition) is 0. The zero-order valence-electron chi connectivity index (χ0n) is 14.8. The summed E-state index contributed by atoms with van der Waals surface area (Å²) in [5, 5.41) is 0. The van der Waals surface area contributed by atoms with E-state index in [9.17, 15) is 9.59 Å². The Bertz CT molecular complexity index is 1010. The number of benzene rings is 2. The third-order valence-electron chi connectivity index (χ3n) is 5.41. The molecule has 2 heterocycles. The number of carbonyl (C=O) groups excluding carboxylic acids is 2. The standard InChI is InChI=1S/C20H16O7/c1-23-13-4-3-12-16(17(13)24-2)19(22)27-20(12)6-5-10-7-14-15(26-9-25-14)8-11(10)18(20)21/h3-4,7-8H,5-6,9H2,1-2H3. The number of ether oxygens (including phenoxy) is 5. The summed E-state index contributed by atoms with van der Waals surface area (Å²) in [5.74, 6) is 1.00. The van der Waals surface area contributed by atoms with E-state index in [1.54, 1.807) is 18.2 Å². The van der Waals surface area contributed by atoms with Gasteiger partial charge in [0.05, 0.1) is 14.2 Å². The molecule has 0 amide bonds. The summed E-state index contributed by atoms with van der Waals surface area (Å²) in [6.07, 6.45) is 0.922. The normalized spacial score (nSPS) is 21.7. The van der Waals surface area contributed by atoms with Gasteiger partial charge < -0.3 is 23.7 Å². The number of rotatable bonds is 2. The lowest BCUT2D eigenvalue weighted by Gasteiger charge is -2.32. The van der Waals surface area contributed by atoms with Crippen molar-refractivity contribution in [2.45, 2.75) is 18.4 Å². The van der Waals surface area contributed by atoms with Crippen molar-refractivity contribution in [1.82, 2.24) is 0 Å². The van der Waals surface area contributed by atoms with Crippen molar-refractivity contribution in [3.8, 4) is 23.0 Å². The predicted octanol–water partition coefficient (Wildman–Crippen LogP) is 2.63. The van der Waals surface area contributed by atoms with Crippen LogP contribution in [-0.2, 0) is 16.8 Å². The summed E-state index contributed by atoms with van der Waals surface area (Å²) >= 11 is 0. The van der Waals surface area contributed by atoms with Crippen molar-refractivity contribution in [3.05, 3.63) is 46.5 Å². The van der Waals surface area contributed by atoms with Crippen LogP contribution >= 0.6 is 0 Å². The second-order valence-electron chi connectivity index (χ2n) is 6.63. The summed E-state index contributed by atoms with van der Waals surface area (Å²) in [7, 11) is 2.94. The van der Waals surface area contributed by atoms with Gasteiger partial charge in [0.2, 0.25) is 18.2 Å². The Morgan fingerprint density at radius 2 is 1.81 bits per heavy atom. The molecule has 7 heteroatoms. The second-order valence-corrected chi connectivity index (χ2v) is 6.63. The highest BCUT2D eigenvalue weighted by Gasteiger charge is 2.55. The summed E-state index contributed by atoms with van der Waals surface area (Å²) in [5.41, 5.74) is 0.751. The van der Waals surface area contributed by atoms with E-state index < -0.39 is 11.6 Å². The molecular formula is C20H16O7. The minimum absolute atomic E-state index is 0.131. The largest absolute Gasteiger partial charge is 0.493 e. The topological polar surface area (TPSA) is 80.3 Å². The van der Waals surface area contributed by atoms with Crippen LogP contribution in [0.5, 0.6) is 23.0 Å². The zero-order valence-corrected chi connectivity index (χ0v) is 14.8. The zero-order chi connectivity index (χ0) is 18.8. The van der Waals surface area contributed by atoms with E-state index in [1.165, 1.54) is 14.2 Å². The quantitative estimate of drug-likeness (QED) is 0.754. The minimum Gasteiger partial charge on any atom is -0.493 e. The number of ketones is 1. The Morgan fingerprint density at radius 1 is 1.04 bits per heavy atom. The summed E-state index contributed by atoms with van der Waals surface area (Å²) < 4.78 is 27.1. The van der Waals surface area contributed by atoms with Gasteiger partial charge in [-0.2, -0.15) is 0 Å². The van der Waals surface area contributed by atoms with Crippen LogP contribution in [0.2, 0.25) is 0 Å². The molecule has 138 valence electrons.